The van der Waals surface area contributed by atoms with E-state index in [-0.39, 0.29) is 12.1 Å². The Morgan fingerprint density at radius 1 is 1.07 bits per heavy atom. The fourth-order valence-electron chi connectivity index (χ4n) is 2.85. The molecule has 0 atom stereocenters. The van der Waals surface area contributed by atoms with Gasteiger partial charge < -0.3 is 9.52 Å². The largest absolute Gasteiger partial charge is 0.494 e. The van der Waals surface area contributed by atoms with Gasteiger partial charge in [-0.2, -0.15) is 0 Å². The zero-order valence-corrected chi connectivity index (χ0v) is 14.1. The Balaban J connectivity index is 1.78. The number of rotatable bonds is 4. The van der Waals surface area contributed by atoms with Crippen molar-refractivity contribution in [2.24, 2.45) is 4.99 Å². The van der Waals surface area contributed by atoms with Crippen LogP contribution in [0.25, 0.3) is 10.8 Å². The van der Waals surface area contributed by atoms with E-state index in [1.165, 1.54) is 12.5 Å². The van der Waals surface area contributed by atoms with Crippen molar-refractivity contribution >= 4 is 22.7 Å². The van der Waals surface area contributed by atoms with Crippen LogP contribution in [0.2, 0.25) is 0 Å². The lowest BCUT2D eigenvalue weighted by molar-refractivity contribution is 0.392. The molecule has 0 radical (unpaired) electrons. The summed E-state index contributed by atoms with van der Waals surface area (Å²) in [5.74, 6) is 0.000489. The van der Waals surface area contributed by atoms with E-state index in [0.717, 1.165) is 15.3 Å². The number of H-pyrrole nitrogens is 1. The molecule has 0 bridgehead atoms. The first-order valence-electron chi connectivity index (χ1n) is 8.24. The van der Waals surface area contributed by atoms with Crippen LogP contribution in [0.5, 0.6) is 5.88 Å². The Morgan fingerprint density at radius 2 is 1.89 bits per heavy atom. The maximum Gasteiger partial charge on any atom is 0.331 e. The number of benzene rings is 2. The van der Waals surface area contributed by atoms with Crippen molar-refractivity contribution in [3.63, 3.8) is 0 Å². The molecular weight excluding hydrogens is 346 g/mol. The van der Waals surface area contributed by atoms with Crippen molar-refractivity contribution in [2.45, 2.75) is 6.54 Å². The quantitative estimate of drug-likeness (QED) is 0.546. The lowest BCUT2D eigenvalue weighted by Gasteiger charge is -2.08. The van der Waals surface area contributed by atoms with Gasteiger partial charge in [-0.25, -0.2) is 4.79 Å². The number of aromatic amines is 1. The van der Waals surface area contributed by atoms with Crippen LogP contribution in [0.3, 0.4) is 0 Å². The Hall–Kier alpha value is -3.87. The molecule has 2 aromatic carbocycles. The highest BCUT2D eigenvalue weighted by molar-refractivity contribution is 5.95. The Morgan fingerprint density at radius 3 is 2.70 bits per heavy atom. The standard InChI is InChI=1S/C20H15N3O4/c24-18-16(11-21-17-9-3-6-13-5-1-2-8-15(13)17)19(25)23(20(26)22-18)12-14-7-4-10-27-14/h1-11,25H,12H2,(H,22,24,26). The van der Waals surface area contributed by atoms with E-state index in [9.17, 15) is 14.7 Å². The number of furan rings is 1. The fourth-order valence-corrected chi connectivity index (χ4v) is 2.85. The predicted octanol–water partition coefficient (Wildman–Crippen LogP) is 2.79. The van der Waals surface area contributed by atoms with E-state index >= 15 is 0 Å². The van der Waals surface area contributed by atoms with Gasteiger partial charge in [0.05, 0.1) is 18.5 Å². The fraction of sp³-hybridized carbons (Fsp3) is 0.0500. The van der Waals surface area contributed by atoms with Gasteiger partial charge in [-0.15, -0.1) is 0 Å². The summed E-state index contributed by atoms with van der Waals surface area (Å²) < 4.78 is 6.22. The van der Waals surface area contributed by atoms with E-state index in [1.807, 2.05) is 42.5 Å². The van der Waals surface area contributed by atoms with Crippen molar-refractivity contribution in [1.82, 2.24) is 9.55 Å². The van der Waals surface area contributed by atoms with Crippen LogP contribution in [0.1, 0.15) is 11.3 Å². The van der Waals surface area contributed by atoms with Crippen molar-refractivity contribution in [3.8, 4) is 5.88 Å². The van der Waals surface area contributed by atoms with E-state index in [4.69, 9.17) is 4.42 Å². The first-order chi connectivity index (χ1) is 13.1. The number of nitrogens with zero attached hydrogens (tertiary/aromatic N) is 2. The average Bonchev–Trinajstić information content (AvgIpc) is 3.18. The zero-order chi connectivity index (χ0) is 18.8. The van der Waals surface area contributed by atoms with E-state index in [1.54, 1.807) is 12.1 Å². The summed E-state index contributed by atoms with van der Waals surface area (Å²) in [6.45, 7) is -0.0104. The van der Waals surface area contributed by atoms with Crippen LogP contribution in [0.15, 0.2) is 79.9 Å². The van der Waals surface area contributed by atoms with Gasteiger partial charge in [-0.05, 0) is 23.6 Å². The SMILES string of the molecule is O=c1[nH]c(=O)n(Cc2ccco2)c(O)c1C=Nc1cccc2ccccc12. The molecule has 0 amide bonds. The van der Waals surface area contributed by atoms with Gasteiger partial charge in [0.2, 0.25) is 5.88 Å². The molecule has 0 unspecified atom stereocenters. The van der Waals surface area contributed by atoms with Crippen LogP contribution < -0.4 is 11.2 Å². The van der Waals surface area contributed by atoms with Crippen molar-refractivity contribution in [1.29, 1.82) is 0 Å². The third-order valence-electron chi connectivity index (χ3n) is 4.20. The highest BCUT2D eigenvalue weighted by Crippen LogP contribution is 2.25. The number of aromatic nitrogens is 2. The second-order valence-corrected chi connectivity index (χ2v) is 5.92. The normalized spacial score (nSPS) is 11.4. The average molecular weight is 361 g/mol. The molecular formula is C20H15N3O4. The van der Waals surface area contributed by atoms with Gasteiger partial charge in [-0.3, -0.25) is 19.3 Å². The van der Waals surface area contributed by atoms with Crippen LogP contribution in [0, 0.1) is 0 Å². The number of nitrogens with one attached hydrogen (secondary N) is 1. The van der Waals surface area contributed by atoms with E-state index in [2.05, 4.69) is 9.98 Å². The Bertz CT molecular complexity index is 1250. The molecule has 0 aliphatic carbocycles. The minimum atomic E-state index is -0.726. The summed E-state index contributed by atoms with van der Waals surface area (Å²) in [6.07, 6.45) is 2.72. The molecule has 2 N–H and O–H groups in total. The van der Waals surface area contributed by atoms with E-state index in [0.29, 0.717) is 11.4 Å². The third kappa shape index (κ3) is 3.18. The van der Waals surface area contributed by atoms with Crippen molar-refractivity contribution in [3.05, 3.63) is 93.0 Å². The number of fused-ring (bicyclic) bond motifs is 1. The molecule has 7 heteroatoms. The lowest BCUT2D eigenvalue weighted by atomic mass is 10.1. The molecule has 0 spiro atoms. The molecule has 0 saturated heterocycles. The first kappa shape index (κ1) is 16.6. The van der Waals surface area contributed by atoms with Crippen LogP contribution in [0.4, 0.5) is 5.69 Å². The molecule has 7 nitrogen and oxygen atoms in total. The minimum Gasteiger partial charge on any atom is -0.494 e. The topological polar surface area (TPSA) is 101 Å². The summed E-state index contributed by atoms with van der Waals surface area (Å²) in [6, 6.07) is 16.7. The zero-order valence-electron chi connectivity index (χ0n) is 14.1. The summed E-state index contributed by atoms with van der Waals surface area (Å²) >= 11 is 0. The summed E-state index contributed by atoms with van der Waals surface area (Å²) in [4.78, 5) is 30.7. The maximum absolute atomic E-state index is 12.2. The van der Waals surface area contributed by atoms with Gasteiger partial charge in [0.25, 0.3) is 5.56 Å². The highest BCUT2D eigenvalue weighted by Gasteiger charge is 2.14. The van der Waals surface area contributed by atoms with Gasteiger partial charge in [0.15, 0.2) is 0 Å². The monoisotopic (exact) mass is 361 g/mol. The number of aromatic hydroxyl groups is 1. The molecule has 4 aromatic rings. The summed E-state index contributed by atoms with van der Waals surface area (Å²) in [7, 11) is 0. The van der Waals surface area contributed by atoms with Gasteiger partial charge in [-0.1, -0.05) is 36.4 Å². The second-order valence-electron chi connectivity index (χ2n) is 5.92. The summed E-state index contributed by atoms with van der Waals surface area (Å²) in [5, 5.41) is 12.4. The predicted molar refractivity (Wildman–Crippen MR) is 102 cm³/mol. The number of hydrogen-bond donors (Lipinski definition) is 2. The molecule has 0 aliphatic heterocycles. The molecule has 0 saturated carbocycles. The molecule has 4 rings (SSSR count). The van der Waals surface area contributed by atoms with Crippen LogP contribution in [-0.4, -0.2) is 20.9 Å². The number of hydrogen-bond acceptors (Lipinski definition) is 5. The van der Waals surface area contributed by atoms with Crippen molar-refractivity contribution < 1.29 is 9.52 Å². The molecule has 0 fully saturated rings. The van der Waals surface area contributed by atoms with Crippen molar-refractivity contribution in [2.75, 3.05) is 0 Å². The van der Waals surface area contributed by atoms with Gasteiger partial charge in [0, 0.05) is 11.6 Å². The minimum absolute atomic E-state index is 0.0104. The highest BCUT2D eigenvalue weighted by atomic mass is 16.3. The first-order valence-corrected chi connectivity index (χ1v) is 8.24. The molecule has 0 aliphatic rings. The van der Waals surface area contributed by atoms with E-state index < -0.39 is 17.1 Å². The second kappa shape index (κ2) is 6.80. The lowest BCUT2D eigenvalue weighted by Crippen LogP contribution is -2.32. The summed E-state index contributed by atoms with van der Waals surface area (Å²) in [5.41, 5.74) is -0.891. The number of aliphatic imine (C=N–C) groups is 1. The maximum atomic E-state index is 12.2. The Labute approximate surface area is 152 Å². The van der Waals surface area contributed by atoms with Crippen LogP contribution in [-0.2, 0) is 6.54 Å². The van der Waals surface area contributed by atoms with Gasteiger partial charge >= 0.3 is 5.69 Å². The molecule has 2 aromatic heterocycles. The Kier molecular flexibility index (Phi) is 4.18. The molecule has 27 heavy (non-hydrogen) atoms. The van der Waals surface area contributed by atoms with Gasteiger partial charge in [0.1, 0.15) is 11.3 Å². The third-order valence-corrected chi connectivity index (χ3v) is 4.20. The van der Waals surface area contributed by atoms with Crippen LogP contribution >= 0.6 is 0 Å². The smallest absolute Gasteiger partial charge is 0.331 e. The molecule has 2 heterocycles. The molecule has 134 valence electrons.